The molecule has 0 saturated heterocycles. The van der Waals surface area contributed by atoms with E-state index in [1.165, 1.54) is 23.5 Å². The first-order chi connectivity index (χ1) is 9.50. The lowest BCUT2D eigenvalue weighted by Gasteiger charge is -2.21. The third-order valence-corrected chi connectivity index (χ3v) is 5.21. The van der Waals surface area contributed by atoms with Crippen LogP contribution >= 0.6 is 0 Å². The van der Waals surface area contributed by atoms with Gasteiger partial charge in [-0.25, -0.2) is 12.8 Å². The van der Waals surface area contributed by atoms with Crippen LogP contribution in [0.4, 0.5) is 4.39 Å². The molecule has 0 aromatic heterocycles. The van der Waals surface area contributed by atoms with Crippen LogP contribution in [0.25, 0.3) is 0 Å². The number of methoxy groups -OCH3 is 1. The second kappa shape index (κ2) is 6.17. The molecule has 0 spiro atoms. The first-order valence-corrected chi connectivity index (χ1v) is 7.84. The summed E-state index contributed by atoms with van der Waals surface area (Å²) < 4.78 is 44.8. The van der Waals surface area contributed by atoms with Crippen LogP contribution in [0.5, 0.6) is 0 Å². The van der Waals surface area contributed by atoms with Crippen LogP contribution in [0, 0.1) is 5.82 Å². The standard InChI is InChI=1S/C13H18FNO4S/c1-19-7-6-15(11-2-3-11)20(17,18)12-4-5-13(14)10(8-12)9-16/h4-5,8,11,16H,2-3,6-7,9H2,1H3. The summed E-state index contributed by atoms with van der Waals surface area (Å²) in [5.41, 5.74) is -0.0198. The van der Waals surface area contributed by atoms with Crippen molar-refractivity contribution in [1.82, 2.24) is 4.31 Å². The van der Waals surface area contributed by atoms with Crippen LogP contribution in [0.2, 0.25) is 0 Å². The molecule has 20 heavy (non-hydrogen) atoms. The quantitative estimate of drug-likeness (QED) is 0.819. The second-order valence-corrected chi connectivity index (χ2v) is 6.64. The molecule has 1 saturated carbocycles. The topological polar surface area (TPSA) is 66.8 Å². The van der Waals surface area contributed by atoms with Crippen LogP contribution < -0.4 is 0 Å². The van der Waals surface area contributed by atoms with Crippen molar-refractivity contribution in [1.29, 1.82) is 0 Å². The molecule has 1 aliphatic rings. The predicted molar refractivity (Wildman–Crippen MR) is 71.1 cm³/mol. The number of hydrogen-bond donors (Lipinski definition) is 1. The minimum absolute atomic E-state index is 0.00206. The fourth-order valence-electron chi connectivity index (χ4n) is 2.01. The lowest BCUT2D eigenvalue weighted by Crippen LogP contribution is -2.35. The highest BCUT2D eigenvalue weighted by molar-refractivity contribution is 7.89. The molecule has 1 aromatic rings. The lowest BCUT2D eigenvalue weighted by molar-refractivity contribution is 0.177. The van der Waals surface area contributed by atoms with Gasteiger partial charge in [0, 0.05) is 25.3 Å². The Hall–Kier alpha value is -1.02. The van der Waals surface area contributed by atoms with Crippen LogP contribution in [0.1, 0.15) is 18.4 Å². The Morgan fingerprint density at radius 1 is 1.45 bits per heavy atom. The summed E-state index contributed by atoms with van der Waals surface area (Å²) >= 11 is 0. The number of ether oxygens (including phenoxy) is 1. The number of rotatable bonds is 7. The van der Waals surface area contributed by atoms with Crippen LogP contribution in [-0.4, -0.2) is 44.1 Å². The zero-order valence-corrected chi connectivity index (χ0v) is 12.1. The van der Waals surface area contributed by atoms with Gasteiger partial charge in [-0.3, -0.25) is 0 Å². The van der Waals surface area contributed by atoms with Gasteiger partial charge in [-0.2, -0.15) is 4.31 Å². The summed E-state index contributed by atoms with van der Waals surface area (Å²) in [6, 6.07) is 3.48. The van der Waals surface area contributed by atoms with E-state index < -0.39 is 22.4 Å². The van der Waals surface area contributed by atoms with Crippen molar-refractivity contribution in [2.45, 2.75) is 30.4 Å². The molecule has 0 radical (unpaired) electrons. The van der Waals surface area contributed by atoms with Gasteiger partial charge >= 0.3 is 0 Å². The number of nitrogens with zero attached hydrogens (tertiary/aromatic N) is 1. The molecular formula is C13H18FNO4S. The third-order valence-electron chi connectivity index (χ3n) is 3.26. The van der Waals surface area contributed by atoms with Crippen LogP contribution in [-0.2, 0) is 21.4 Å². The average molecular weight is 303 g/mol. The molecule has 0 aliphatic heterocycles. The van der Waals surface area contributed by atoms with Crippen molar-refractivity contribution < 1.29 is 22.7 Å². The first-order valence-electron chi connectivity index (χ1n) is 6.40. The molecule has 0 unspecified atom stereocenters. The fourth-order valence-corrected chi connectivity index (χ4v) is 3.73. The molecule has 5 nitrogen and oxygen atoms in total. The van der Waals surface area contributed by atoms with Crippen molar-refractivity contribution in [2.75, 3.05) is 20.3 Å². The Morgan fingerprint density at radius 2 is 2.15 bits per heavy atom. The molecule has 2 rings (SSSR count). The maximum Gasteiger partial charge on any atom is 0.243 e. The summed E-state index contributed by atoms with van der Waals surface area (Å²) in [6.07, 6.45) is 1.66. The van der Waals surface area contributed by atoms with Gasteiger partial charge in [-0.05, 0) is 31.0 Å². The molecule has 1 aliphatic carbocycles. The van der Waals surface area contributed by atoms with Gasteiger partial charge in [0.25, 0.3) is 0 Å². The fraction of sp³-hybridized carbons (Fsp3) is 0.538. The van der Waals surface area contributed by atoms with E-state index in [2.05, 4.69) is 0 Å². The van der Waals surface area contributed by atoms with Crippen molar-refractivity contribution in [3.05, 3.63) is 29.6 Å². The summed E-state index contributed by atoms with van der Waals surface area (Å²) in [7, 11) is -2.17. The smallest absolute Gasteiger partial charge is 0.243 e. The normalized spacial score (nSPS) is 15.8. The van der Waals surface area contributed by atoms with Crippen molar-refractivity contribution in [2.24, 2.45) is 0 Å². The maximum absolute atomic E-state index is 13.3. The molecule has 1 fully saturated rings. The summed E-state index contributed by atoms with van der Waals surface area (Å²) in [5, 5.41) is 9.04. The number of sulfonamides is 1. The highest BCUT2D eigenvalue weighted by Crippen LogP contribution is 2.32. The molecule has 1 aromatic carbocycles. The molecular weight excluding hydrogens is 285 g/mol. The highest BCUT2D eigenvalue weighted by atomic mass is 32.2. The van der Waals surface area contributed by atoms with E-state index >= 15 is 0 Å². The van der Waals surface area contributed by atoms with E-state index in [0.29, 0.717) is 6.61 Å². The Morgan fingerprint density at radius 3 is 2.70 bits per heavy atom. The van der Waals surface area contributed by atoms with E-state index in [1.54, 1.807) is 0 Å². The van der Waals surface area contributed by atoms with Crippen LogP contribution in [0.15, 0.2) is 23.1 Å². The minimum Gasteiger partial charge on any atom is -0.392 e. The number of aliphatic hydroxyl groups is 1. The van der Waals surface area contributed by atoms with Gasteiger partial charge in [0.2, 0.25) is 10.0 Å². The Kier molecular flexibility index (Phi) is 4.74. The number of benzene rings is 1. The van der Waals surface area contributed by atoms with E-state index in [1.807, 2.05) is 0 Å². The molecule has 0 atom stereocenters. The lowest BCUT2D eigenvalue weighted by atomic mass is 10.2. The van der Waals surface area contributed by atoms with Crippen molar-refractivity contribution in [3.8, 4) is 0 Å². The van der Waals surface area contributed by atoms with Gasteiger partial charge < -0.3 is 9.84 Å². The number of hydrogen-bond acceptors (Lipinski definition) is 4. The van der Waals surface area contributed by atoms with Crippen molar-refractivity contribution in [3.63, 3.8) is 0 Å². The SMILES string of the molecule is COCCN(C1CC1)S(=O)(=O)c1ccc(F)c(CO)c1. The Labute approximate surface area is 118 Å². The largest absolute Gasteiger partial charge is 0.392 e. The summed E-state index contributed by atoms with van der Waals surface area (Å²) in [4.78, 5) is 0.00551. The van der Waals surface area contributed by atoms with E-state index in [9.17, 15) is 12.8 Å². The maximum atomic E-state index is 13.3. The second-order valence-electron chi connectivity index (χ2n) is 4.75. The Balaban J connectivity index is 2.32. The Bertz CT molecular complexity index is 572. The predicted octanol–water partition coefficient (Wildman–Crippen LogP) is 1.12. The zero-order chi connectivity index (χ0) is 14.8. The molecule has 7 heteroatoms. The van der Waals surface area contributed by atoms with E-state index in [-0.39, 0.29) is 23.0 Å². The van der Waals surface area contributed by atoms with Gasteiger partial charge in [-0.1, -0.05) is 0 Å². The zero-order valence-electron chi connectivity index (χ0n) is 11.3. The highest BCUT2D eigenvalue weighted by Gasteiger charge is 2.37. The van der Waals surface area contributed by atoms with Gasteiger partial charge in [-0.15, -0.1) is 0 Å². The van der Waals surface area contributed by atoms with Gasteiger partial charge in [0.05, 0.1) is 18.1 Å². The summed E-state index contributed by atoms with van der Waals surface area (Å²) in [5.74, 6) is -0.610. The first kappa shape index (κ1) is 15.4. The van der Waals surface area contributed by atoms with Crippen molar-refractivity contribution >= 4 is 10.0 Å². The average Bonchev–Trinajstić information content (AvgIpc) is 3.24. The van der Waals surface area contributed by atoms with Gasteiger partial charge in [0.1, 0.15) is 5.82 Å². The number of halogens is 1. The van der Waals surface area contributed by atoms with E-state index in [4.69, 9.17) is 9.84 Å². The molecule has 1 N–H and O–H groups in total. The van der Waals surface area contributed by atoms with Gasteiger partial charge in [0.15, 0.2) is 0 Å². The molecule has 0 amide bonds. The van der Waals surface area contributed by atoms with Crippen LogP contribution in [0.3, 0.4) is 0 Å². The minimum atomic E-state index is -3.68. The molecule has 112 valence electrons. The third kappa shape index (κ3) is 3.17. The summed E-state index contributed by atoms with van der Waals surface area (Å²) in [6.45, 7) is 0.0514. The number of aliphatic hydroxyl groups excluding tert-OH is 1. The van der Waals surface area contributed by atoms with E-state index in [0.717, 1.165) is 18.9 Å². The molecule has 0 heterocycles. The monoisotopic (exact) mass is 303 g/mol. The molecule has 0 bridgehead atoms.